The molecule has 0 unspecified atom stereocenters. The topological polar surface area (TPSA) is 89.3 Å². The van der Waals surface area contributed by atoms with Crippen molar-refractivity contribution in [2.24, 2.45) is 13.0 Å². The highest BCUT2D eigenvalue weighted by Crippen LogP contribution is 2.22. The highest BCUT2D eigenvalue weighted by molar-refractivity contribution is 5.91. The molecule has 20 heavy (non-hydrogen) atoms. The standard InChI is InChI=1S/C9H10F3N5O3/c1-16-8(13-4-14-16)15-6(18)5-2-17(3-5)20-7(19)9(10,11)12/h4-5H,2-3H2,1H3,(H,13,14,15,18). The summed E-state index contributed by atoms with van der Waals surface area (Å²) >= 11 is 0. The SMILES string of the molecule is Cn1ncnc1NC(=O)C1CN(OC(=O)C(F)(F)F)C1. The van der Waals surface area contributed by atoms with E-state index >= 15 is 0 Å². The van der Waals surface area contributed by atoms with E-state index in [4.69, 9.17) is 0 Å². The van der Waals surface area contributed by atoms with Gasteiger partial charge in [-0.2, -0.15) is 23.3 Å². The van der Waals surface area contributed by atoms with E-state index < -0.39 is 24.0 Å². The van der Waals surface area contributed by atoms with E-state index in [1.807, 2.05) is 0 Å². The van der Waals surface area contributed by atoms with Gasteiger partial charge in [-0.05, 0) is 0 Å². The molecule has 11 heteroatoms. The van der Waals surface area contributed by atoms with Crippen LogP contribution in [0.1, 0.15) is 0 Å². The number of alkyl halides is 3. The third-order valence-electron chi connectivity index (χ3n) is 2.61. The third-order valence-corrected chi connectivity index (χ3v) is 2.61. The summed E-state index contributed by atoms with van der Waals surface area (Å²) in [7, 11) is 1.57. The first kappa shape index (κ1) is 14.2. The molecule has 8 nitrogen and oxygen atoms in total. The number of hydrogen-bond acceptors (Lipinski definition) is 6. The van der Waals surface area contributed by atoms with Crippen LogP contribution in [0.15, 0.2) is 6.33 Å². The molecule has 0 atom stereocenters. The van der Waals surface area contributed by atoms with Crippen molar-refractivity contribution in [2.45, 2.75) is 6.18 Å². The lowest BCUT2D eigenvalue weighted by atomic mass is 10.0. The lowest BCUT2D eigenvalue weighted by molar-refractivity contribution is -0.256. The third kappa shape index (κ3) is 3.04. The van der Waals surface area contributed by atoms with Crippen LogP contribution in [0.4, 0.5) is 19.1 Å². The molecule has 0 aromatic carbocycles. The van der Waals surface area contributed by atoms with Crippen molar-refractivity contribution in [1.82, 2.24) is 19.8 Å². The van der Waals surface area contributed by atoms with Crippen molar-refractivity contribution in [3.8, 4) is 0 Å². The Labute approximate surface area is 110 Å². The molecule has 0 spiro atoms. The van der Waals surface area contributed by atoms with Crippen LogP contribution >= 0.6 is 0 Å². The minimum absolute atomic E-state index is 0.106. The molecule has 1 fully saturated rings. The smallest absolute Gasteiger partial charge is 0.361 e. The van der Waals surface area contributed by atoms with Gasteiger partial charge in [0.1, 0.15) is 6.33 Å². The first-order valence-electron chi connectivity index (χ1n) is 5.46. The van der Waals surface area contributed by atoms with Crippen molar-refractivity contribution < 1.29 is 27.6 Å². The van der Waals surface area contributed by atoms with E-state index in [1.165, 1.54) is 11.0 Å². The summed E-state index contributed by atoms with van der Waals surface area (Å²) in [6.45, 7) is -0.211. The maximum absolute atomic E-state index is 11.9. The van der Waals surface area contributed by atoms with Crippen LogP contribution in [0.2, 0.25) is 0 Å². The van der Waals surface area contributed by atoms with Crippen LogP contribution in [0.25, 0.3) is 0 Å². The predicted octanol–water partition coefficient (Wildman–Crippen LogP) is -0.294. The van der Waals surface area contributed by atoms with E-state index in [9.17, 15) is 22.8 Å². The fourth-order valence-corrected chi connectivity index (χ4v) is 1.47. The normalized spacial score (nSPS) is 16.6. The van der Waals surface area contributed by atoms with Gasteiger partial charge in [0.15, 0.2) is 0 Å². The lowest BCUT2D eigenvalue weighted by Crippen LogP contribution is -2.53. The maximum atomic E-state index is 11.9. The summed E-state index contributed by atoms with van der Waals surface area (Å²) in [6, 6.07) is 0. The number of amides is 1. The van der Waals surface area contributed by atoms with Gasteiger partial charge in [-0.15, -0.1) is 5.06 Å². The number of anilines is 1. The molecule has 1 aliphatic heterocycles. The fraction of sp³-hybridized carbons (Fsp3) is 0.556. The first-order chi connectivity index (χ1) is 9.27. The Balaban J connectivity index is 1.78. The molecule has 0 radical (unpaired) electrons. The number of aromatic nitrogens is 3. The fourth-order valence-electron chi connectivity index (χ4n) is 1.47. The Morgan fingerprint density at radius 2 is 2.10 bits per heavy atom. The zero-order chi connectivity index (χ0) is 14.9. The monoisotopic (exact) mass is 293 g/mol. The quantitative estimate of drug-likeness (QED) is 0.823. The molecule has 1 aromatic heterocycles. The molecule has 0 bridgehead atoms. The van der Waals surface area contributed by atoms with E-state index in [0.717, 1.165) is 5.06 Å². The number of rotatable bonds is 3. The molecule has 0 saturated carbocycles. The minimum atomic E-state index is -5.05. The number of hydroxylamine groups is 2. The van der Waals surface area contributed by atoms with Crippen molar-refractivity contribution in [2.75, 3.05) is 18.4 Å². The summed E-state index contributed by atoms with van der Waals surface area (Å²) < 4.78 is 37.1. The molecule has 1 amide bonds. The zero-order valence-electron chi connectivity index (χ0n) is 10.2. The van der Waals surface area contributed by atoms with Gasteiger partial charge < -0.3 is 4.84 Å². The lowest BCUT2D eigenvalue weighted by Gasteiger charge is -2.35. The molecule has 2 rings (SSSR count). The summed E-state index contributed by atoms with van der Waals surface area (Å²) in [6.07, 6.45) is -3.81. The number of carbonyl (C=O) groups is 2. The van der Waals surface area contributed by atoms with Crippen molar-refractivity contribution in [3.05, 3.63) is 6.33 Å². The molecular weight excluding hydrogens is 283 g/mol. The van der Waals surface area contributed by atoms with Crippen LogP contribution in [0.5, 0.6) is 0 Å². The molecule has 110 valence electrons. The van der Waals surface area contributed by atoms with E-state index in [2.05, 4.69) is 20.2 Å². The average molecular weight is 293 g/mol. The zero-order valence-corrected chi connectivity index (χ0v) is 10.2. The van der Waals surface area contributed by atoms with Gasteiger partial charge in [-0.25, -0.2) is 9.48 Å². The van der Waals surface area contributed by atoms with Crippen molar-refractivity contribution in [1.29, 1.82) is 0 Å². The molecule has 1 N–H and O–H groups in total. The van der Waals surface area contributed by atoms with Crippen molar-refractivity contribution >= 4 is 17.8 Å². The molecule has 1 saturated heterocycles. The number of nitrogens with one attached hydrogen (secondary N) is 1. The van der Waals surface area contributed by atoms with Crippen LogP contribution in [-0.4, -0.2) is 51.0 Å². The van der Waals surface area contributed by atoms with E-state index in [1.54, 1.807) is 7.05 Å². The van der Waals surface area contributed by atoms with Crippen molar-refractivity contribution in [3.63, 3.8) is 0 Å². The molecule has 1 aliphatic rings. The van der Waals surface area contributed by atoms with E-state index in [0.29, 0.717) is 0 Å². The summed E-state index contributed by atoms with van der Waals surface area (Å²) in [5, 5.41) is 6.97. The van der Waals surface area contributed by atoms with Gasteiger partial charge in [0.05, 0.1) is 5.92 Å². The minimum Gasteiger partial charge on any atom is -0.361 e. The van der Waals surface area contributed by atoms with Crippen LogP contribution in [0.3, 0.4) is 0 Å². The average Bonchev–Trinajstić information content (AvgIpc) is 2.67. The molecule has 1 aromatic rings. The Hall–Kier alpha value is -2.17. The van der Waals surface area contributed by atoms with Gasteiger partial charge >= 0.3 is 12.1 Å². The molecule has 2 heterocycles. The predicted molar refractivity (Wildman–Crippen MR) is 56.8 cm³/mol. The summed E-state index contributed by atoms with van der Waals surface area (Å²) in [5.74, 6) is -3.08. The van der Waals surface area contributed by atoms with Gasteiger partial charge in [0, 0.05) is 20.1 Å². The maximum Gasteiger partial charge on any atom is 0.492 e. The highest BCUT2D eigenvalue weighted by Gasteiger charge is 2.45. The Morgan fingerprint density at radius 1 is 1.45 bits per heavy atom. The van der Waals surface area contributed by atoms with Gasteiger partial charge in [0.25, 0.3) is 0 Å². The van der Waals surface area contributed by atoms with Gasteiger partial charge in [-0.3, -0.25) is 10.1 Å². The number of aryl methyl sites for hydroxylation is 1. The van der Waals surface area contributed by atoms with Crippen LogP contribution in [0, 0.1) is 5.92 Å². The Kier molecular flexibility index (Phi) is 3.61. The molecular formula is C9H10F3N5O3. The summed E-state index contributed by atoms with van der Waals surface area (Å²) in [4.78, 5) is 30.0. The van der Waals surface area contributed by atoms with E-state index in [-0.39, 0.29) is 19.0 Å². The number of carbonyl (C=O) groups excluding carboxylic acids is 2. The number of hydrogen-bond donors (Lipinski definition) is 1. The Morgan fingerprint density at radius 3 is 2.60 bits per heavy atom. The second kappa shape index (κ2) is 5.07. The summed E-state index contributed by atoms with van der Waals surface area (Å²) in [5.41, 5.74) is 0. The Bertz CT molecular complexity index is 523. The van der Waals surface area contributed by atoms with Gasteiger partial charge in [0.2, 0.25) is 11.9 Å². The van der Waals surface area contributed by atoms with Gasteiger partial charge in [-0.1, -0.05) is 0 Å². The second-order valence-electron chi connectivity index (χ2n) is 4.12. The second-order valence-corrected chi connectivity index (χ2v) is 4.12. The first-order valence-corrected chi connectivity index (χ1v) is 5.46. The number of halogens is 3. The number of nitrogens with zero attached hydrogens (tertiary/aromatic N) is 4. The largest absolute Gasteiger partial charge is 0.492 e. The van der Waals surface area contributed by atoms with Crippen LogP contribution < -0.4 is 5.32 Å². The highest BCUT2D eigenvalue weighted by atomic mass is 19.4. The molecule has 0 aliphatic carbocycles. The van der Waals surface area contributed by atoms with Crippen LogP contribution in [-0.2, 0) is 21.5 Å².